The Morgan fingerprint density at radius 2 is 1.76 bits per heavy atom. The molecular weight excluding hydrogens is 288 g/mol. The van der Waals surface area contributed by atoms with Crippen molar-refractivity contribution in [2.24, 2.45) is 0 Å². The van der Waals surface area contributed by atoms with E-state index in [-0.39, 0.29) is 11.3 Å². The monoisotopic (exact) mass is 304 g/mol. The second-order valence-corrected chi connectivity index (χ2v) is 6.15. The van der Waals surface area contributed by atoms with E-state index in [9.17, 15) is 9.90 Å². The first-order chi connectivity index (χ1) is 9.78. The van der Waals surface area contributed by atoms with Gasteiger partial charge in [0.05, 0.1) is 0 Å². The topological polar surface area (TPSA) is 46.5 Å². The third-order valence-electron chi connectivity index (χ3n) is 2.78. The van der Waals surface area contributed by atoms with Gasteiger partial charge in [-0.15, -0.1) is 0 Å². The van der Waals surface area contributed by atoms with Gasteiger partial charge in [-0.25, -0.2) is 4.79 Å². The summed E-state index contributed by atoms with van der Waals surface area (Å²) in [4.78, 5) is 12.2. The molecule has 0 aliphatic heterocycles. The summed E-state index contributed by atoms with van der Waals surface area (Å²) in [5, 5.41) is 10.7. The number of halogens is 1. The highest BCUT2D eigenvalue weighted by Gasteiger charge is 2.23. The van der Waals surface area contributed by atoms with Crippen molar-refractivity contribution < 1.29 is 14.6 Å². The highest BCUT2D eigenvalue weighted by atomic mass is 35.5. The Kier molecular flexibility index (Phi) is 4.24. The van der Waals surface area contributed by atoms with E-state index in [1.165, 1.54) is 6.07 Å². The van der Waals surface area contributed by atoms with Gasteiger partial charge in [0.1, 0.15) is 16.9 Å². The SMILES string of the molecule is CC(C)(C)OC(=O)c1cc(Cl)cc(-c2ccccc2)c1O. The summed E-state index contributed by atoms with van der Waals surface area (Å²) in [6.45, 7) is 5.31. The second kappa shape index (κ2) is 5.78. The molecule has 2 aromatic carbocycles. The van der Waals surface area contributed by atoms with Crippen molar-refractivity contribution >= 4 is 17.6 Å². The van der Waals surface area contributed by atoms with Crippen LogP contribution in [0.2, 0.25) is 5.02 Å². The number of benzene rings is 2. The zero-order valence-corrected chi connectivity index (χ0v) is 12.9. The third kappa shape index (κ3) is 3.76. The number of phenolic OH excluding ortho intramolecular Hbond substituents is 1. The number of rotatable bonds is 2. The van der Waals surface area contributed by atoms with Crippen molar-refractivity contribution in [1.82, 2.24) is 0 Å². The van der Waals surface area contributed by atoms with Gasteiger partial charge in [-0.05, 0) is 38.5 Å². The third-order valence-corrected chi connectivity index (χ3v) is 3.00. The second-order valence-electron chi connectivity index (χ2n) is 5.72. The molecule has 0 saturated carbocycles. The van der Waals surface area contributed by atoms with Crippen LogP contribution in [0.5, 0.6) is 5.75 Å². The number of carbonyl (C=O) groups excluding carboxylic acids is 1. The summed E-state index contributed by atoms with van der Waals surface area (Å²) < 4.78 is 5.29. The molecule has 0 fully saturated rings. The molecule has 1 N–H and O–H groups in total. The summed E-state index contributed by atoms with van der Waals surface area (Å²) >= 11 is 6.07. The van der Waals surface area contributed by atoms with Crippen molar-refractivity contribution in [2.75, 3.05) is 0 Å². The molecule has 0 bridgehead atoms. The Labute approximate surface area is 129 Å². The van der Waals surface area contributed by atoms with Gasteiger partial charge in [0, 0.05) is 10.6 Å². The minimum absolute atomic E-state index is 0.0660. The largest absolute Gasteiger partial charge is 0.506 e. The van der Waals surface area contributed by atoms with E-state index in [2.05, 4.69) is 0 Å². The molecule has 2 aromatic rings. The Hall–Kier alpha value is -2.00. The van der Waals surface area contributed by atoms with Crippen LogP contribution in [-0.2, 0) is 4.74 Å². The van der Waals surface area contributed by atoms with Gasteiger partial charge in [-0.2, -0.15) is 0 Å². The van der Waals surface area contributed by atoms with Gasteiger partial charge in [0.25, 0.3) is 0 Å². The van der Waals surface area contributed by atoms with Crippen molar-refractivity contribution in [2.45, 2.75) is 26.4 Å². The molecular formula is C17H17ClO3. The van der Waals surface area contributed by atoms with Gasteiger partial charge >= 0.3 is 5.97 Å². The Balaban J connectivity index is 2.50. The summed E-state index contributed by atoms with van der Waals surface area (Å²) in [5.74, 6) is -0.723. The van der Waals surface area contributed by atoms with Gasteiger partial charge in [-0.3, -0.25) is 0 Å². The average Bonchev–Trinajstić information content (AvgIpc) is 2.40. The van der Waals surface area contributed by atoms with Gasteiger partial charge in [0.2, 0.25) is 0 Å². The quantitative estimate of drug-likeness (QED) is 0.820. The molecule has 0 aliphatic rings. The fraction of sp³-hybridized carbons (Fsp3) is 0.235. The maximum absolute atomic E-state index is 12.2. The van der Waals surface area contributed by atoms with Crippen LogP contribution in [0.3, 0.4) is 0 Å². The first kappa shape index (κ1) is 15.4. The summed E-state index contributed by atoms with van der Waals surface area (Å²) in [6.07, 6.45) is 0. The van der Waals surface area contributed by atoms with Crippen LogP contribution in [0.15, 0.2) is 42.5 Å². The fourth-order valence-corrected chi connectivity index (χ4v) is 2.14. The molecule has 0 radical (unpaired) electrons. The molecule has 0 spiro atoms. The zero-order chi connectivity index (χ0) is 15.6. The van der Waals surface area contributed by atoms with Crippen LogP contribution in [0.1, 0.15) is 31.1 Å². The summed E-state index contributed by atoms with van der Waals surface area (Å²) in [7, 11) is 0. The van der Waals surface area contributed by atoms with Crippen LogP contribution in [0.4, 0.5) is 0 Å². The van der Waals surface area contributed by atoms with E-state index in [4.69, 9.17) is 16.3 Å². The smallest absolute Gasteiger partial charge is 0.342 e. The number of hydrogen-bond donors (Lipinski definition) is 1. The number of esters is 1. The van der Waals surface area contributed by atoms with Gasteiger partial charge in [-0.1, -0.05) is 41.9 Å². The molecule has 0 unspecified atom stereocenters. The molecule has 0 aliphatic carbocycles. The zero-order valence-electron chi connectivity index (χ0n) is 12.2. The summed E-state index contributed by atoms with van der Waals surface area (Å²) in [5.41, 5.74) is 0.709. The standard InChI is InChI=1S/C17H17ClO3/c1-17(2,3)21-16(20)14-10-12(18)9-13(15(14)19)11-7-5-4-6-8-11/h4-10,19H,1-3H3. The predicted octanol–water partition coefficient (Wildman–Crippen LogP) is 4.67. The van der Waals surface area contributed by atoms with Gasteiger partial charge in [0.15, 0.2) is 0 Å². The molecule has 0 aromatic heterocycles. The van der Waals surface area contributed by atoms with Crippen LogP contribution in [0.25, 0.3) is 11.1 Å². The lowest BCUT2D eigenvalue weighted by Crippen LogP contribution is -2.24. The maximum Gasteiger partial charge on any atom is 0.342 e. The van der Waals surface area contributed by atoms with Crippen molar-refractivity contribution in [3.05, 3.63) is 53.1 Å². The molecule has 0 saturated heterocycles. The van der Waals surface area contributed by atoms with E-state index in [0.29, 0.717) is 10.6 Å². The highest BCUT2D eigenvalue weighted by Crippen LogP contribution is 2.36. The average molecular weight is 305 g/mol. The first-order valence-corrected chi connectivity index (χ1v) is 6.97. The molecule has 0 heterocycles. The van der Waals surface area contributed by atoms with E-state index in [1.807, 2.05) is 30.3 Å². The van der Waals surface area contributed by atoms with Crippen LogP contribution in [-0.4, -0.2) is 16.7 Å². The molecule has 110 valence electrons. The number of ether oxygens (including phenoxy) is 1. The van der Waals surface area contributed by atoms with E-state index >= 15 is 0 Å². The predicted molar refractivity (Wildman–Crippen MR) is 83.7 cm³/mol. The molecule has 4 heteroatoms. The van der Waals surface area contributed by atoms with Crippen molar-refractivity contribution in [1.29, 1.82) is 0 Å². The van der Waals surface area contributed by atoms with Gasteiger partial charge < -0.3 is 9.84 Å². The summed E-state index contributed by atoms with van der Waals surface area (Å²) in [6, 6.07) is 12.3. The highest BCUT2D eigenvalue weighted by molar-refractivity contribution is 6.31. The lowest BCUT2D eigenvalue weighted by molar-refractivity contribution is 0.00669. The minimum Gasteiger partial charge on any atom is -0.506 e. The number of aromatic hydroxyl groups is 1. The van der Waals surface area contributed by atoms with Crippen LogP contribution in [0, 0.1) is 0 Å². The number of hydrogen-bond acceptors (Lipinski definition) is 3. The van der Waals surface area contributed by atoms with E-state index in [1.54, 1.807) is 26.8 Å². The molecule has 21 heavy (non-hydrogen) atoms. The Morgan fingerprint density at radius 3 is 2.33 bits per heavy atom. The lowest BCUT2D eigenvalue weighted by atomic mass is 10.0. The fourth-order valence-electron chi connectivity index (χ4n) is 1.93. The Morgan fingerprint density at radius 1 is 1.14 bits per heavy atom. The Bertz CT molecular complexity index is 658. The lowest BCUT2D eigenvalue weighted by Gasteiger charge is -2.20. The molecule has 2 rings (SSSR count). The van der Waals surface area contributed by atoms with Crippen LogP contribution < -0.4 is 0 Å². The molecule has 0 atom stereocenters. The molecule has 3 nitrogen and oxygen atoms in total. The van der Waals surface area contributed by atoms with Crippen LogP contribution >= 0.6 is 11.6 Å². The number of carbonyl (C=O) groups is 1. The normalized spacial score (nSPS) is 11.2. The first-order valence-electron chi connectivity index (χ1n) is 6.59. The minimum atomic E-state index is -0.640. The number of phenols is 1. The maximum atomic E-state index is 12.2. The van der Waals surface area contributed by atoms with Crippen molar-refractivity contribution in [3.63, 3.8) is 0 Å². The van der Waals surface area contributed by atoms with E-state index < -0.39 is 11.6 Å². The van der Waals surface area contributed by atoms with Crippen molar-refractivity contribution in [3.8, 4) is 16.9 Å². The van der Waals surface area contributed by atoms with E-state index in [0.717, 1.165) is 5.56 Å². The molecule has 0 amide bonds.